The van der Waals surface area contributed by atoms with Gasteiger partial charge in [-0.2, -0.15) is 14.7 Å². The van der Waals surface area contributed by atoms with Gasteiger partial charge in [-0.25, -0.2) is 0 Å². The summed E-state index contributed by atoms with van der Waals surface area (Å²) in [4.78, 5) is 11.1. The summed E-state index contributed by atoms with van der Waals surface area (Å²) in [7, 11) is 0. The molecule has 0 aliphatic carbocycles. The number of benzene rings is 1. The van der Waals surface area contributed by atoms with Crippen molar-refractivity contribution in [3.63, 3.8) is 0 Å². The highest BCUT2D eigenvalue weighted by molar-refractivity contribution is 5.73. The zero-order chi connectivity index (χ0) is 17.8. The Morgan fingerprint density at radius 3 is 2.42 bits per heavy atom. The maximum absolute atomic E-state index is 11.4. The number of hydrogen-bond donors (Lipinski definition) is 1. The Morgan fingerprint density at radius 1 is 1.17 bits per heavy atom. The number of nitrogens with zero attached hydrogens (tertiary/aromatic N) is 4. The predicted octanol–water partition coefficient (Wildman–Crippen LogP) is 3.86. The number of fused-ring (bicyclic) bond motifs is 1. The molecule has 7 heteroatoms. The maximum Gasteiger partial charge on any atom is 0.275 e. The molecule has 0 unspecified atom stereocenters. The van der Waals surface area contributed by atoms with Gasteiger partial charge in [-0.1, -0.05) is 20.8 Å². The molecule has 1 N–H and O–H groups in total. The van der Waals surface area contributed by atoms with Crippen LogP contribution in [0.2, 0.25) is 0 Å². The molecule has 1 aromatic carbocycles. The lowest BCUT2D eigenvalue weighted by Crippen LogP contribution is -2.12. The maximum atomic E-state index is 11.4. The Labute approximate surface area is 139 Å². The number of rotatable bonds is 2. The fraction of sp³-hybridized carbons (Fsp3) is 0.412. The number of aryl methyl sites for hydroxylation is 2. The summed E-state index contributed by atoms with van der Waals surface area (Å²) in [6, 6.07) is 3.79. The molecule has 0 aliphatic heterocycles. The van der Waals surface area contributed by atoms with Crippen LogP contribution in [-0.4, -0.2) is 24.7 Å². The Morgan fingerprint density at radius 2 is 1.83 bits per heavy atom. The van der Waals surface area contributed by atoms with Gasteiger partial charge in [-0.15, -0.1) is 0 Å². The average molecular weight is 327 g/mol. The lowest BCUT2D eigenvalue weighted by atomic mass is 9.93. The number of hydrogen-bond acceptors (Lipinski definition) is 4. The minimum absolute atomic E-state index is 0.0898. The molecule has 3 rings (SSSR count). The number of aromatic nitrogens is 4. The van der Waals surface area contributed by atoms with Gasteiger partial charge in [0.25, 0.3) is 5.69 Å². The Hall–Kier alpha value is -2.70. The highest BCUT2D eigenvalue weighted by atomic mass is 16.6. The standard InChI is InChI=1S/C17H21N5O2/c1-9-7-10(2)15(22(23)24)11(3)14(9)16-19-18-13-8-12(17(4,5)6)20-21(13)16/h7-8,18H,1-6H3. The Bertz CT molecular complexity index is 960. The predicted molar refractivity (Wildman–Crippen MR) is 92.3 cm³/mol. The van der Waals surface area contributed by atoms with Gasteiger partial charge in [0.15, 0.2) is 11.5 Å². The summed E-state index contributed by atoms with van der Waals surface area (Å²) < 4.78 is 1.73. The van der Waals surface area contributed by atoms with Crippen LogP contribution in [0.15, 0.2) is 12.1 Å². The second-order valence-electron chi connectivity index (χ2n) is 7.24. The first kappa shape index (κ1) is 16.2. The van der Waals surface area contributed by atoms with E-state index in [4.69, 9.17) is 0 Å². The zero-order valence-corrected chi connectivity index (χ0v) is 14.8. The van der Waals surface area contributed by atoms with E-state index in [1.807, 2.05) is 19.1 Å². The van der Waals surface area contributed by atoms with Crippen molar-refractivity contribution >= 4 is 11.3 Å². The number of nitro benzene ring substituents is 1. The van der Waals surface area contributed by atoms with E-state index in [1.54, 1.807) is 18.4 Å². The Kier molecular flexibility index (Phi) is 3.47. The first-order valence-electron chi connectivity index (χ1n) is 7.81. The number of aromatic amines is 1. The van der Waals surface area contributed by atoms with E-state index in [0.29, 0.717) is 17.0 Å². The van der Waals surface area contributed by atoms with E-state index in [1.165, 1.54) is 0 Å². The summed E-state index contributed by atoms with van der Waals surface area (Å²) in [5.74, 6) is 0.596. The second-order valence-corrected chi connectivity index (χ2v) is 7.24. The molecule has 0 atom stereocenters. The summed E-state index contributed by atoms with van der Waals surface area (Å²) in [5, 5.41) is 23.4. The SMILES string of the molecule is Cc1cc(C)c([N+](=O)[O-])c(C)c1-c1n[nH]c2cc(C(C)(C)C)nn12. The minimum Gasteiger partial charge on any atom is -0.259 e. The normalized spacial score (nSPS) is 12.1. The van der Waals surface area contributed by atoms with Gasteiger partial charge in [0.1, 0.15) is 0 Å². The fourth-order valence-electron chi connectivity index (χ4n) is 3.11. The van der Waals surface area contributed by atoms with Crippen LogP contribution >= 0.6 is 0 Å². The van der Waals surface area contributed by atoms with Crippen LogP contribution in [0, 0.1) is 30.9 Å². The number of H-pyrrole nitrogens is 1. The summed E-state index contributed by atoms with van der Waals surface area (Å²) in [6.45, 7) is 11.7. The smallest absolute Gasteiger partial charge is 0.259 e. The lowest BCUT2D eigenvalue weighted by Gasteiger charge is -2.14. The quantitative estimate of drug-likeness (QED) is 0.572. The van der Waals surface area contributed by atoms with Crippen molar-refractivity contribution in [2.45, 2.75) is 47.0 Å². The van der Waals surface area contributed by atoms with Crippen LogP contribution in [0.3, 0.4) is 0 Å². The van der Waals surface area contributed by atoms with Crippen molar-refractivity contribution in [2.75, 3.05) is 0 Å². The monoisotopic (exact) mass is 327 g/mol. The number of nitro groups is 1. The third-order valence-electron chi connectivity index (χ3n) is 4.29. The van der Waals surface area contributed by atoms with Gasteiger partial charge in [-0.05, 0) is 32.4 Å². The van der Waals surface area contributed by atoms with Crippen molar-refractivity contribution < 1.29 is 4.92 Å². The van der Waals surface area contributed by atoms with Gasteiger partial charge < -0.3 is 0 Å². The van der Waals surface area contributed by atoms with Crippen molar-refractivity contribution in [3.8, 4) is 11.4 Å². The molecule has 0 saturated heterocycles. The highest BCUT2D eigenvalue weighted by Gasteiger charge is 2.25. The van der Waals surface area contributed by atoms with Crippen LogP contribution < -0.4 is 0 Å². The van der Waals surface area contributed by atoms with Crippen molar-refractivity contribution in [3.05, 3.63) is 44.6 Å². The van der Waals surface area contributed by atoms with Gasteiger partial charge in [0, 0.05) is 28.2 Å². The fourth-order valence-corrected chi connectivity index (χ4v) is 3.11. The summed E-state index contributed by atoms with van der Waals surface area (Å²) >= 11 is 0. The van der Waals surface area contributed by atoms with Crippen LogP contribution in [0.4, 0.5) is 5.69 Å². The lowest BCUT2D eigenvalue weighted by molar-refractivity contribution is -0.386. The van der Waals surface area contributed by atoms with E-state index in [0.717, 1.165) is 22.5 Å². The van der Waals surface area contributed by atoms with Gasteiger partial charge in [0.05, 0.1) is 10.6 Å². The van der Waals surface area contributed by atoms with E-state index >= 15 is 0 Å². The van der Waals surface area contributed by atoms with Crippen LogP contribution in [-0.2, 0) is 5.41 Å². The first-order chi connectivity index (χ1) is 11.1. The van der Waals surface area contributed by atoms with Gasteiger partial charge in [0.2, 0.25) is 0 Å². The molecular weight excluding hydrogens is 306 g/mol. The van der Waals surface area contributed by atoms with E-state index in [2.05, 4.69) is 36.1 Å². The Balaban J connectivity index is 2.30. The van der Waals surface area contributed by atoms with E-state index < -0.39 is 0 Å². The first-order valence-corrected chi connectivity index (χ1v) is 7.81. The van der Waals surface area contributed by atoms with Crippen molar-refractivity contribution in [1.29, 1.82) is 0 Å². The van der Waals surface area contributed by atoms with Crippen molar-refractivity contribution in [1.82, 2.24) is 19.8 Å². The molecule has 24 heavy (non-hydrogen) atoms. The molecule has 0 radical (unpaired) electrons. The third-order valence-corrected chi connectivity index (χ3v) is 4.29. The van der Waals surface area contributed by atoms with Crippen molar-refractivity contribution in [2.24, 2.45) is 0 Å². The second kappa shape index (κ2) is 5.15. The molecular formula is C17H21N5O2. The molecule has 3 aromatic rings. The molecule has 2 aromatic heterocycles. The molecule has 0 amide bonds. The third kappa shape index (κ3) is 2.36. The summed E-state index contributed by atoms with van der Waals surface area (Å²) in [6.07, 6.45) is 0. The molecule has 0 saturated carbocycles. The molecule has 2 heterocycles. The molecule has 0 fully saturated rings. The molecule has 0 bridgehead atoms. The number of nitrogens with one attached hydrogen (secondary N) is 1. The van der Waals surface area contributed by atoms with Crippen LogP contribution in [0.5, 0.6) is 0 Å². The average Bonchev–Trinajstić information content (AvgIpc) is 2.98. The van der Waals surface area contributed by atoms with Gasteiger partial charge >= 0.3 is 0 Å². The molecule has 0 spiro atoms. The summed E-state index contributed by atoms with van der Waals surface area (Å²) in [5.41, 5.74) is 4.72. The van der Waals surface area contributed by atoms with Crippen LogP contribution in [0.25, 0.3) is 17.0 Å². The largest absolute Gasteiger partial charge is 0.275 e. The topological polar surface area (TPSA) is 89.1 Å². The zero-order valence-electron chi connectivity index (χ0n) is 14.8. The van der Waals surface area contributed by atoms with Gasteiger partial charge in [-0.3, -0.25) is 15.2 Å². The van der Waals surface area contributed by atoms with E-state index in [-0.39, 0.29) is 16.0 Å². The molecule has 7 nitrogen and oxygen atoms in total. The molecule has 126 valence electrons. The minimum atomic E-state index is -0.332. The van der Waals surface area contributed by atoms with Crippen LogP contribution in [0.1, 0.15) is 43.2 Å². The highest BCUT2D eigenvalue weighted by Crippen LogP contribution is 2.35. The van der Waals surface area contributed by atoms with E-state index in [9.17, 15) is 10.1 Å². The molecule has 0 aliphatic rings.